The Morgan fingerprint density at radius 2 is 2.16 bits per heavy atom. The van der Waals surface area contributed by atoms with Crippen LogP contribution in [0.4, 0.5) is 5.13 Å². The van der Waals surface area contributed by atoms with E-state index in [0.717, 1.165) is 11.3 Å². The first-order chi connectivity index (χ1) is 8.99. The summed E-state index contributed by atoms with van der Waals surface area (Å²) in [7, 11) is 0. The molecule has 0 radical (unpaired) electrons. The Morgan fingerprint density at radius 1 is 1.42 bits per heavy atom. The van der Waals surface area contributed by atoms with Crippen molar-refractivity contribution < 1.29 is 14.7 Å². The summed E-state index contributed by atoms with van der Waals surface area (Å²) in [6, 6.07) is 3.48. The molecule has 0 aliphatic carbocycles. The van der Waals surface area contributed by atoms with Crippen molar-refractivity contribution in [1.82, 2.24) is 4.98 Å². The molecule has 2 aromatic rings. The van der Waals surface area contributed by atoms with E-state index in [1.165, 1.54) is 11.3 Å². The topological polar surface area (TPSA) is 79.3 Å². The molecule has 0 saturated heterocycles. The van der Waals surface area contributed by atoms with Gasteiger partial charge in [0.15, 0.2) is 5.13 Å². The third-order valence-corrected chi connectivity index (χ3v) is 4.20. The molecule has 0 fully saturated rings. The summed E-state index contributed by atoms with van der Waals surface area (Å²) in [6.07, 6.45) is 0. The van der Waals surface area contributed by atoms with E-state index in [0.29, 0.717) is 15.7 Å². The van der Waals surface area contributed by atoms with Crippen LogP contribution in [0.1, 0.15) is 44.8 Å². The zero-order chi connectivity index (χ0) is 14.0. The van der Waals surface area contributed by atoms with Gasteiger partial charge in [-0.2, -0.15) is 0 Å². The molecule has 5 nitrogen and oxygen atoms in total. The van der Waals surface area contributed by atoms with Gasteiger partial charge in [-0.1, -0.05) is 31.3 Å². The summed E-state index contributed by atoms with van der Waals surface area (Å²) in [6.45, 7) is 3.73. The lowest BCUT2D eigenvalue weighted by molar-refractivity contribution is 0.0700. The lowest BCUT2D eigenvalue weighted by Crippen LogP contribution is -2.09. The number of carbonyl (C=O) groups excluding carboxylic acids is 1. The zero-order valence-electron chi connectivity index (χ0n) is 10.3. The summed E-state index contributed by atoms with van der Waals surface area (Å²) in [5, 5.41) is 13.9. The van der Waals surface area contributed by atoms with Crippen LogP contribution < -0.4 is 5.32 Å². The number of aromatic nitrogens is 1. The Labute approximate surface area is 117 Å². The molecule has 2 rings (SSSR count). The van der Waals surface area contributed by atoms with E-state index in [1.54, 1.807) is 17.5 Å². The Morgan fingerprint density at radius 3 is 2.63 bits per heavy atom. The third-order valence-electron chi connectivity index (χ3n) is 2.36. The second-order valence-electron chi connectivity index (χ2n) is 4.12. The smallest absolute Gasteiger partial charge is 0.347 e. The van der Waals surface area contributed by atoms with Gasteiger partial charge in [0.05, 0.1) is 10.6 Å². The van der Waals surface area contributed by atoms with Crippen LogP contribution >= 0.6 is 22.7 Å². The molecule has 0 aliphatic rings. The van der Waals surface area contributed by atoms with Gasteiger partial charge in [-0.25, -0.2) is 9.78 Å². The van der Waals surface area contributed by atoms with E-state index in [9.17, 15) is 9.59 Å². The molecule has 0 aliphatic heterocycles. The number of carbonyl (C=O) groups is 2. The molecule has 19 heavy (non-hydrogen) atoms. The Balaban J connectivity index is 2.24. The van der Waals surface area contributed by atoms with E-state index in [2.05, 4.69) is 10.3 Å². The van der Waals surface area contributed by atoms with Gasteiger partial charge in [0.25, 0.3) is 5.91 Å². The molecule has 1 amide bonds. The molecule has 0 saturated carbocycles. The van der Waals surface area contributed by atoms with Gasteiger partial charge in [0.1, 0.15) is 4.88 Å². The lowest BCUT2D eigenvalue weighted by atomic mass is 10.1. The standard InChI is InChI=1S/C12H12N2O3S2/c1-6(2)8-9(11(16)17)19-12(13-8)14-10(15)7-4-3-5-18-7/h3-6H,1-2H3,(H,16,17)(H,13,14,15). The van der Waals surface area contributed by atoms with Crippen molar-refractivity contribution in [2.45, 2.75) is 19.8 Å². The number of nitrogens with zero attached hydrogens (tertiary/aromatic N) is 1. The summed E-state index contributed by atoms with van der Waals surface area (Å²) in [4.78, 5) is 27.9. The normalized spacial score (nSPS) is 10.7. The van der Waals surface area contributed by atoms with Crippen molar-refractivity contribution in [3.8, 4) is 0 Å². The maximum atomic E-state index is 11.9. The van der Waals surface area contributed by atoms with E-state index in [1.807, 2.05) is 13.8 Å². The molecule has 0 atom stereocenters. The molecule has 2 heterocycles. The van der Waals surface area contributed by atoms with Crippen LogP contribution in [0.2, 0.25) is 0 Å². The fraction of sp³-hybridized carbons (Fsp3) is 0.250. The number of anilines is 1. The quantitative estimate of drug-likeness (QED) is 0.907. The Kier molecular flexibility index (Phi) is 3.96. The van der Waals surface area contributed by atoms with Gasteiger partial charge in [0, 0.05) is 0 Å². The second-order valence-corrected chi connectivity index (χ2v) is 6.07. The molecular formula is C12H12N2O3S2. The minimum absolute atomic E-state index is 0.00487. The van der Waals surface area contributed by atoms with Crippen LogP contribution in [-0.4, -0.2) is 22.0 Å². The molecular weight excluding hydrogens is 284 g/mol. The predicted molar refractivity (Wildman–Crippen MR) is 75.4 cm³/mol. The number of nitrogens with one attached hydrogen (secondary N) is 1. The number of amides is 1. The average Bonchev–Trinajstić information content (AvgIpc) is 2.97. The molecule has 0 bridgehead atoms. The van der Waals surface area contributed by atoms with Crippen molar-refractivity contribution in [2.24, 2.45) is 0 Å². The highest BCUT2D eigenvalue weighted by Crippen LogP contribution is 2.28. The maximum absolute atomic E-state index is 11.9. The zero-order valence-corrected chi connectivity index (χ0v) is 12.0. The van der Waals surface area contributed by atoms with E-state index in [-0.39, 0.29) is 16.7 Å². The molecule has 0 unspecified atom stereocenters. The van der Waals surface area contributed by atoms with Gasteiger partial charge in [-0.3, -0.25) is 10.1 Å². The fourth-order valence-corrected chi connectivity index (χ4v) is 3.07. The highest BCUT2D eigenvalue weighted by molar-refractivity contribution is 7.18. The molecule has 100 valence electrons. The van der Waals surface area contributed by atoms with Gasteiger partial charge >= 0.3 is 5.97 Å². The number of rotatable bonds is 4. The van der Waals surface area contributed by atoms with E-state index >= 15 is 0 Å². The highest BCUT2D eigenvalue weighted by Gasteiger charge is 2.20. The molecule has 2 N–H and O–H groups in total. The SMILES string of the molecule is CC(C)c1nc(NC(=O)c2cccs2)sc1C(=O)O. The average molecular weight is 296 g/mol. The van der Waals surface area contributed by atoms with Crippen molar-refractivity contribution >= 4 is 39.7 Å². The van der Waals surface area contributed by atoms with E-state index in [4.69, 9.17) is 5.11 Å². The van der Waals surface area contributed by atoms with Crippen molar-refractivity contribution in [3.05, 3.63) is 33.0 Å². The fourth-order valence-electron chi connectivity index (χ4n) is 1.50. The number of carboxylic acid groups (broad SMARTS) is 1. The first-order valence-corrected chi connectivity index (χ1v) is 7.27. The molecule has 7 heteroatoms. The maximum Gasteiger partial charge on any atom is 0.347 e. The van der Waals surface area contributed by atoms with Gasteiger partial charge in [0.2, 0.25) is 0 Å². The summed E-state index contributed by atoms with van der Waals surface area (Å²) in [5.74, 6) is -1.29. The number of hydrogen-bond donors (Lipinski definition) is 2. The predicted octanol–water partition coefficient (Wildman–Crippen LogP) is 3.28. The highest BCUT2D eigenvalue weighted by atomic mass is 32.1. The van der Waals surface area contributed by atoms with Gasteiger partial charge in [-0.05, 0) is 17.4 Å². The third kappa shape index (κ3) is 2.99. The number of aromatic carboxylic acids is 1. The Bertz CT molecular complexity index is 603. The monoisotopic (exact) mass is 296 g/mol. The number of hydrogen-bond acceptors (Lipinski definition) is 5. The molecule has 0 spiro atoms. The van der Waals surface area contributed by atoms with Crippen molar-refractivity contribution in [3.63, 3.8) is 0 Å². The summed E-state index contributed by atoms with van der Waals surface area (Å²) in [5.41, 5.74) is 0.499. The number of thiazole rings is 1. The van der Waals surface area contributed by atoms with Crippen molar-refractivity contribution in [2.75, 3.05) is 5.32 Å². The number of thiophene rings is 1. The van der Waals surface area contributed by atoms with Crippen molar-refractivity contribution in [1.29, 1.82) is 0 Å². The molecule has 0 aromatic carbocycles. The largest absolute Gasteiger partial charge is 0.477 e. The van der Waals surface area contributed by atoms with E-state index < -0.39 is 5.97 Å². The summed E-state index contributed by atoms with van der Waals surface area (Å²) < 4.78 is 0. The van der Waals surface area contributed by atoms with Gasteiger partial charge in [-0.15, -0.1) is 11.3 Å². The summed E-state index contributed by atoms with van der Waals surface area (Å²) >= 11 is 2.31. The first kappa shape index (κ1) is 13.7. The van der Waals surface area contributed by atoms with Crippen LogP contribution in [0, 0.1) is 0 Å². The van der Waals surface area contributed by atoms with Crippen LogP contribution in [-0.2, 0) is 0 Å². The van der Waals surface area contributed by atoms with Crippen LogP contribution in [0.3, 0.4) is 0 Å². The number of carboxylic acids is 1. The van der Waals surface area contributed by atoms with Crippen LogP contribution in [0.5, 0.6) is 0 Å². The van der Waals surface area contributed by atoms with Crippen LogP contribution in [0.15, 0.2) is 17.5 Å². The second kappa shape index (κ2) is 5.50. The minimum Gasteiger partial charge on any atom is -0.477 e. The first-order valence-electron chi connectivity index (χ1n) is 5.58. The lowest BCUT2D eigenvalue weighted by Gasteiger charge is -2.00. The van der Waals surface area contributed by atoms with Gasteiger partial charge < -0.3 is 5.11 Å². The Hall–Kier alpha value is -1.73. The van der Waals surface area contributed by atoms with Crippen LogP contribution in [0.25, 0.3) is 0 Å². The minimum atomic E-state index is -1.02. The molecule has 2 aromatic heterocycles.